The average molecular weight is 493 g/mol. The van der Waals surface area contributed by atoms with Crippen LogP contribution in [0.2, 0.25) is 0 Å². The molecular weight excluding hydrogens is 468 g/mol. The van der Waals surface area contributed by atoms with Crippen LogP contribution in [0.1, 0.15) is 31.9 Å². The maximum absolute atomic E-state index is 11.1. The number of carbonyl (C=O) groups is 1. The average Bonchev–Trinajstić information content (AvgIpc) is 3.32. The number of ether oxygens (including phenoxy) is 1. The predicted octanol–water partition coefficient (Wildman–Crippen LogP) is 5.20. The minimum atomic E-state index is -0.899. The lowest BCUT2D eigenvalue weighted by molar-refractivity contribution is -0.139. The summed E-state index contributed by atoms with van der Waals surface area (Å²) in [4.78, 5) is 15.7. The van der Waals surface area contributed by atoms with Crippen LogP contribution in [-0.2, 0) is 11.3 Å². The normalized spacial score (nSPS) is 11.6. The van der Waals surface area contributed by atoms with E-state index in [9.17, 15) is 10.1 Å². The highest BCUT2D eigenvalue weighted by Gasteiger charge is 2.17. The van der Waals surface area contributed by atoms with Gasteiger partial charge in [-0.25, -0.2) is 0 Å². The SMILES string of the molecule is CC(C)Oc1ccc(-c2nc(-c3ccc(CNC(C)C(=O)O)c4ccccc34)no2)cc1C#N.Cl. The number of nitrogens with one attached hydrogen (secondary N) is 1. The number of aromatic nitrogens is 2. The summed E-state index contributed by atoms with van der Waals surface area (Å²) in [7, 11) is 0. The molecule has 0 saturated heterocycles. The second-order valence-electron chi connectivity index (χ2n) is 8.17. The lowest BCUT2D eigenvalue weighted by Crippen LogP contribution is -2.33. The Morgan fingerprint density at radius 2 is 1.89 bits per heavy atom. The monoisotopic (exact) mass is 492 g/mol. The van der Waals surface area contributed by atoms with Crippen LogP contribution in [-0.4, -0.2) is 33.4 Å². The maximum atomic E-state index is 11.1. The number of benzene rings is 3. The molecule has 9 heteroatoms. The molecule has 180 valence electrons. The summed E-state index contributed by atoms with van der Waals surface area (Å²) < 4.78 is 11.2. The molecule has 0 bridgehead atoms. The number of nitrogens with zero attached hydrogens (tertiary/aromatic N) is 3. The number of rotatable bonds is 8. The molecule has 1 heterocycles. The molecule has 4 rings (SSSR count). The smallest absolute Gasteiger partial charge is 0.320 e. The Labute approximate surface area is 208 Å². The molecule has 1 aromatic heterocycles. The van der Waals surface area contributed by atoms with Gasteiger partial charge in [0.15, 0.2) is 0 Å². The van der Waals surface area contributed by atoms with E-state index in [1.807, 2.05) is 50.2 Å². The fourth-order valence-corrected chi connectivity index (χ4v) is 3.62. The number of nitriles is 1. The Hall–Kier alpha value is -3.93. The number of halogens is 1. The second-order valence-corrected chi connectivity index (χ2v) is 8.17. The van der Waals surface area contributed by atoms with Gasteiger partial charge in [-0.3, -0.25) is 4.79 Å². The van der Waals surface area contributed by atoms with Crippen molar-refractivity contribution in [2.75, 3.05) is 0 Å². The summed E-state index contributed by atoms with van der Waals surface area (Å²) in [5.74, 6) is 0.329. The minimum Gasteiger partial charge on any atom is -0.490 e. The molecule has 4 aromatic rings. The number of fused-ring (bicyclic) bond motifs is 1. The van der Waals surface area contributed by atoms with E-state index in [1.54, 1.807) is 25.1 Å². The van der Waals surface area contributed by atoms with Crippen LogP contribution in [0.5, 0.6) is 5.75 Å². The van der Waals surface area contributed by atoms with Gasteiger partial charge in [0.1, 0.15) is 17.9 Å². The van der Waals surface area contributed by atoms with Gasteiger partial charge < -0.3 is 19.7 Å². The highest BCUT2D eigenvalue weighted by molar-refractivity contribution is 5.97. The highest BCUT2D eigenvalue weighted by atomic mass is 35.5. The lowest BCUT2D eigenvalue weighted by Gasteiger charge is -2.12. The van der Waals surface area contributed by atoms with E-state index < -0.39 is 12.0 Å². The fourth-order valence-electron chi connectivity index (χ4n) is 3.62. The Balaban J connectivity index is 0.00000342. The Morgan fingerprint density at radius 1 is 1.14 bits per heavy atom. The van der Waals surface area contributed by atoms with Gasteiger partial charge in [-0.1, -0.05) is 41.6 Å². The van der Waals surface area contributed by atoms with Crippen LogP contribution >= 0.6 is 12.4 Å². The summed E-state index contributed by atoms with van der Waals surface area (Å²) in [6, 6.07) is 18.3. The van der Waals surface area contributed by atoms with Crippen molar-refractivity contribution in [2.24, 2.45) is 0 Å². The minimum absolute atomic E-state index is 0. The van der Waals surface area contributed by atoms with E-state index in [2.05, 4.69) is 21.5 Å². The van der Waals surface area contributed by atoms with Crippen LogP contribution in [0.4, 0.5) is 0 Å². The summed E-state index contributed by atoms with van der Waals surface area (Å²) in [5, 5.41) is 27.7. The molecule has 1 atom stereocenters. The fraction of sp³-hybridized carbons (Fsp3) is 0.231. The number of carboxylic acids is 1. The van der Waals surface area contributed by atoms with Gasteiger partial charge in [0.05, 0.1) is 11.7 Å². The summed E-state index contributed by atoms with van der Waals surface area (Å²) >= 11 is 0. The third-order valence-electron chi connectivity index (χ3n) is 5.36. The molecule has 0 spiro atoms. The van der Waals surface area contributed by atoms with Gasteiger partial charge in [-0.2, -0.15) is 10.2 Å². The van der Waals surface area contributed by atoms with Crippen molar-refractivity contribution in [3.63, 3.8) is 0 Å². The first-order valence-electron chi connectivity index (χ1n) is 10.9. The van der Waals surface area contributed by atoms with Gasteiger partial charge in [0, 0.05) is 17.7 Å². The molecule has 3 aromatic carbocycles. The molecule has 8 nitrogen and oxygen atoms in total. The van der Waals surface area contributed by atoms with Crippen molar-refractivity contribution < 1.29 is 19.2 Å². The van der Waals surface area contributed by atoms with Crippen LogP contribution < -0.4 is 10.1 Å². The molecule has 0 radical (unpaired) electrons. The molecular formula is C26H25ClN4O4. The topological polar surface area (TPSA) is 121 Å². The van der Waals surface area contributed by atoms with Gasteiger partial charge in [-0.15, -0.1) is 12.4 Å². The highest BCUT2D eigenvalue weighted by Crippen LogP contribution is 2.32. The van der Waals surface area contributed by atoms with Crippen LogP contribution in [0, 0.1) is 11.3 Å². The van der Waals surface area contributed by atoms with Crippen molar-refractivity contribution in [2.45, 2.75) is 39.5 Å². The van der Waals surface area contributed by atoms with E-state index in [-0.39, 0.29) is 18.5 Å². The van der Waals surface area contributed by atoms with E-state index in [4.69, 9.17) is 14.4 Å². The van der Waals surface area contributed by atoms with Crippen LogP contribution in [0.3, 0.4) is 0 Å². The number of hydrogen-bond donors (Lipinski definition) is 2. The zero-order valence-electron chi connectivity index (χ0n) is 19.5. The van der Waals surface area contributed by atoms with Crippen molar-refractivity contribution in [3.05, 3.63) is 65.7 Å². The molecule has 0 amide bonds. The molecule has 0 fully saturated rings. The Bertz CT molecular complexity index is 1390. The van der Waals surface area contributed by atoms with Gasteiger partial charge >= 0.3 is 5.97 Å². The first-order valence-corrected chi connectivity index (χ1v) is 10.9. The number of carboxylic acid groups (broad SMARTS) is 1. The third kappa shape index (κ3) is 5.60. The molecule has 1 unspecified atom stereocenters. The third-order valence-corrected chi connectivity index (χ3v) is 5.36. The Kier molecular flexibility index (Phi) is 8.07. The standard InChI is InChI=1S/C26H24N4O4.ClH/c1-15(2)33-23-11-9-17(12-19(23)13-27)25-29-24(30-34-25)22-10-8-18(14-28-16(3)26(31)32)20-6-4-5-7-21(20)22;/h4-12,15-16,28H,14H2,1-3H3,(H,31,32);1H. The van der Waals surface area contributed by atoms with Crippen molar-refractivity contribution in [1.82, 2.24) is 15.5 Å². The van der Waals surface area contributed by atoms with Crippen LogP contribution in [0.25, 0.3) is 33.6 Å². The van der Waals surface area contributed by atoms with Gasteiger partial charge in [-0.05, 0) is 55.3 Å². The van der Waals surface area contributed by atoms with Crippen molar-refractivity contribution >= 4 is 29.1 Å². The summed E-state index contributed by atoms with van der Waals surface area (Å²) in [5.41, 5.74) is 2.78. The van der Waals surface area contributed by atoms with Gasteiger partial charge in [0.25, 0.3) is 5.89 Å². The van der Waals surface area contributed by atoms with E-state index >= 15 is 0 Å². The lowest BCUT2D eigenvalue weighted by atomic mass is 9.99. The summed E-state index contributed by atoms with van der Waals surface area (Å²) in [6.45, 7) is 5.82. The van der Waals surface area contributed by atoms with E-state index in [0.717, 1.165) is 21.9 Å². The summed E-state index contributed by atoms with van der Waals surface area (Å²) in [6.07, 6.45) is -0.0493. The Morgan fingerprint density at radius 3 is 2.57 bits per heavy atom. The molecule has 0 saturated carbocycles. The largest absolute Gasteiger partial charge is 0.490 e. The number of aliphatic carboxylic acids is 1. The zero-order valence-corrected chi connectivity index (χ0v) is 20.3. The molecule has 0 aliphatic rings. The van der Waals surface area contributed by atoms with Crippen LogP contribution in [0.15, 0.2) is 59.1 Å². The molecule has 0 aliphatic heterocycles. The van der Waals surface area contributed by atoms with E-state index in [0.29, 0.717) is 35.1 Å². The molecule has 35 heavy (non-hydrogen) atoms. The first kappa shape index (κ1) is 25.7. The first-order chi connectivity index (χ1) is 16.4. The van der Waals surface area contributed by atoms with Crippen molar-refractivity contribution in [1.29, 1.82) is 5.26 Å². The maximum Gasteiger partial charge on any atom is 0.320 e. The van der Waals surface area contributed by atoms with Gasteiger partial charge in [0.2, 0.25) is 5.82 Å². The molecule has 2 N–H and O–H groups in total. The number of hydrogen-bond acceptors (Lipinski definition) is 7. The molecule has 0 aliphatic carbocycles. The predicted molar refractivity (Wildman–Crippen MR) is 134 cm³/mol. The van der Waals surface area contributed by atoms with E-state index in [1.165, 1.54) is 0 Å². The zero-order chi connectivity index (χ0) is 24.2. The quantitative estimate of drug-likeness (QED) is 0.344. The second kappa shape index (κ2) is 11.0. The van der Waals surface area contributed by atoms with Crippen molar-refractivity contribution in [3.8, 4) is 34.7 Å².